The highest BCUT2D eigenvalue weighted by atomic mass is 14.9. The van der Waals surface area contributed by atoms with Crippen LogP contribution in [0.15, 0.2) is 36.4 Å². The molecule has 2 aromatic carbocycles. The van der Waals surface area contributed by atoms with Crippen LogP contribution in [0.4, 0.5) is 5.69 Å². The molecule has 2 nitrogen and oxygen atoms in total. The van der Waals surface area contributed by atoms with E-state index >= 15 is 0 Å². The number of rotatable bonds is 4. The fraction of sp³-hybridized carbons (Fsp3) is 0.312. The number of nitriles is 1. The molecule has 0 heterocycles. The highest BCUT2D eigenvalue weighted by Gasteiger charge is 2.04. The summed E-state index contributed by atoms with van der Waals surface area (Å²) in [6.07, 6.45) is 1.15. The van der Waals surface area contributed by atoms with Crippen molar-refractivity contribution in [3.63, 3.8) is 0 Å². The molecule has 0 unspecified atom stereocenters. The zero-order chi connectivity index (χ0) is 13.0. The van der Waals surface area contributed by atoms with Crippen LogP contribution in [-0.2, 0) is 0 Å². The number of hydrogen-bond donors (Lipinski definition) is 1. The fourth-order valence-electron chi connectivity index (χ4n) is 2.05. The van der Waals surface area contributed by atoms with Gasteiger partial charge in [-0.2, -0.15) is 5.26 Å². The van der Waals surface area contributed by atoms with Gasteiger partial charge in [0.05, 0.1) is 11.6 Å². The third-order valence-corrected chi connectivity index (χ3v) is 3.08. The van der Waals surface area contributed by atoms with Gasteiger partial charge in [0.15, 0.2) is 0 Å². The maximum absolute atomic E-state index is 9.10. The second kappa shape index (κ2) is 5.55. The minimum Gasteiger partial charge on any atom is -0.385 e. The Labute approximate surface area is 108 Å². The molecule has 18 heavy (non-hydrogen) atoms. The first-order chi connectivity index (χ1) is 8.72. The van der Waals surface area contributed by atoms with Crippen molar-refractivity contribution in [1.82, 2.24) is 0 Å². The number of benzene rings is 2. The summed E-state index contributed by atoms with van der Waals surface area (Å²) in [6, 6.07) is 14.2. The molecule has 2 heteroatoms. The Balaban J connectivity index is 2.32. The molecule has 0 aliphatic rings. The van der Waals surface area contributed by atoms with E-state index in [2.05, 4.69) is 31.3 Å². The molecule has 0 radical (unpaired) electrons. The predicted octanol–water partition coefficient (Wildman–Crippen LogP) is 4.17. The zero-order valence-electron chi connectivity index (χ0n) is 10.9. The Kier molecular flexibility index (Phi) is 3.84. The zero-order valence-corrected chi connectivity index (χ0v) is 10.9. The van der Waals surface area contributed by atoms with Crippen molar-refractivity contribution in [2.45, 2.75) is 20.3 Å². The molecule has 0 aromatic heterocycles. The molecule has 0 amide bonds. The van der Waals surface area contributed by atoms with Crippen LogP contribution < -0.4 is 5.32 Å². The van der Waals surface area contributed by atoms with E-state index in [1.165, 1.54) is 0 Å². The second-order valence-corrected chi connectivity index (χ2v) is 4.93. The van der Waals surface area contributed by atoms with Crippen LogP contribution in [0.5, 0.6) is 0 Å². The summed E-state index contributed by atoms with van der Waals surface area (Å²) in [5, 5.41) is 14.7. The summed E-state index contributed by atoms with van der Waals surface area (Å²) in [4.78, 5) is 0. The Hall–Kier alpha value is -2.01. The SMILES string of the molecule is CC(C)CCNc1ccc(C#N)c2ccccc12. The minimum absolute atomic E-state index is 0.696. The average Bonchev–Trinajstić information content (AvgIpc) is 2.38. The van der Waals surface area contributed by atoms with E-state index in [4.69, 9.17) is 5.26 Å². The maximum Gasteiger partial charge on any atom is 0.0998 e. The van der Waals surface area contributed by atoms with Gasteiger partial charge in [0.2, 0.25) is 0 Å². The van der Waals surface area contributed by atoms with Crippen LogP contribution in [0.25, 0.3) is 10.8 Å². The van der Waals surface area contributed by atoms with Gasteiger partial charge in [-0.25, -0.2) is 0 Å². The van der Waals surface area contributed by atoms with E-state index in [1.54, 1.807) is 0 Å². The standard InChI is InChI=1S/C16H18N2/c1-12(2)9-10-18-16-8-7-13(11-17)14-5-3-4-6-15(14)16/h3-8,12,18H,9-10H2,1-2H3. The molecule has 0 aliphatic heterocycles. The molecule has 92 valence electrons. The Morgan fingerprint density at radius 3 is 2.50 bits per heavy atom. The van der Waals surface area contributed by atoms with Gasteiger partial charge in [-0.15, -0.1) is 0 Å². The van der Waals surface area contributed by atoms with Crippen LogP contribution in [0, 0.1) is 17.2 Å². The van der Waals surface area contributed by atoms with Gasteiger partial charge in [0.1, 0.15) is 0 Å². The van der Waals surface area contributed by atoms with Crippen molar-refractivity contribution in [3.8, 4) is 6.07 Å². The van der Waals surface area contributed by atoms with Crippen molar-refractivity contribution >= 4 is 16.5 Å². The summed E-state index contributed by atoms with van der Waals surface area (Å²) < 4.78 is 0. The van der Waals surface area contributed by atoms with Gasteiger partial charge < -0.3 is 5.32 Å². The molecule has 0 bridgehead atoms. The molecule has 0 saturated heterocycles. The summed E-state index contributed by atoms with van der Waals surface area (Å²) in [5.41, 5.74) is 1.85. The van der Waals surface area contributed by atoms with Crippen LogP contribution in [-0.4, -0.2) is 6.54 Å². The van der Waals surface area contributed by atoms with Crippen molar-refractivity contribution in [1.29, 1.82) is 5.26 Å². The lowest BCUT2D eigenvalue weighted by atomic mass is 10.0. The Morgan fingerprint density at radius 2 is 1.83 bits per heavy atom. The van der Waals surface area contributed by atoms with E-state index in [0.29, 0.717) is 5.92 Å². The molecule has 1 N–H and O–H groups in total. The first-order valence-corrected chi connectivity index (χ1v) is 6.38. The number of anilines is 1. The quantitative estimate of drug-likeness (QED) is 0.867. The fourth-order valence-corrected chi connectivity index (χ4v) is 2.05. The average molecular weight is 238 g/mol. The Bertz CT molecular complexity index is 579. The molecule has 0 atom stereocenters. The molecule has 0 aliphatic carbocycles. The molecule has 2 rings (SSSR count). The van der Waals surface area contributed by atoms with E-state index in [9.17, 15) is 0 Å². The molecule has 2 aromatic rings. The summed E-state index contributed by atoms with van der Waals surface area (Å²) in [5.74, 6) is 0.696. The molecular weight excluding hydrogens is 220 g/mol. The van der Waals surface area contributed by atoms with E-state index < -0.39 is 0 Å². The second-order valence-electron chi connectivity index (χ2n) is 4.93. The molecule has 0 saturated carbocycles. The highest BCUT2D eigenvalue weighted by molar-refractivity contribution is 5.97. The lowest BCUT2D eigenvalue weighted by molar-refractivity contribution is 0.607. The lowest BCUT2D eigenvalue weighted by Gasteiger charge is -2.11. The van der Waals surface area contributed by atoms with E-state index in [-0.39, 0.29) is 0 Å². The maximum atomic E-state index is 9.10. The number of fused-ring (bicyclic) bond motifs is 1. The smallest absolute Gasteiger partial charge is 0.0998 e. The van der Waals surface area contributed by atoms with Crippen molar-refractivity contribution < 1.29 is 0 Å². The van der Waals surface area contributed by atoms with Crippen LogP contribution in [0.1, 0.15) is 25.8 Å². The molecule has 0 spiro atoms. The molecule has 0 fully saturated rings. The lowest BCUT2D eigenvalue weighted by Crippen LogP contribution is -2.05. The normalized spacial score (nSPS) is 10.6. The number of hydrogen-bond acceptors (Lipinski definition) is 2. The number of nitrogens with one attached hydrogen (secondary N) is 1. The van der Waals surface area contributed by atoms with Crippen LogP contribution in [0.2, 0.25) is 0 Å². The monoisotopic (exact) mass is 238 g/mol. The third kappa shape index (κ3) is 2.62. The van der Waals surface area contributed by atoms with Gasteiger partial charge in [-0.1, -0.05) is 38.1 Å². The largest absolute Gasteiger partial charge is 0.385 e. The summed E-state index contributed by atoms with van der Waals surface area (Å²) >= 11 is 0. The van der Waals surface area contributed by atoms with Crippen molar-refractivity contribution in [3.05, 3.63) is 42.0 Å². The summed E-state index contributed by atoms with van der Waals surface area (Å²) in [7, 11) is 0. The van der Waals surface area contributed by atoms with Crippen LogP contribution in [0.3, 0.4) is 0 Å². The number of nitrogens with zero attached hydrogens (tertiary/aromatic N) is 1. The van der Waals surface area contributed by atoms with E-state index in [0.717, 1.165) is 35.0 Å². The topological polar surface area (TPSA) is 35.8 Å². The highest BCUT2D eigenvalue weighted by Crippen LogP contribution is 2.26. The first-order valence-electron chi connectivity index (χ1n) is 6.38. The Morgan fingerprint density at radius 1 is 1.11 bits per heavy atom. The third-order valence-electron chi connectivity index (χ3n) is 3.08. The van der Waals surface area contributed by atoms with Gasteiger partial charge in [0, 0.05) is 23.0 Å². The molecular formula is C16H18N2. The van der Waals surface area contributed by atoms with Gasteiger partial charge in [-0.3, -0.25) is 0 Å². The van der Waals surface area contributed by atoms with Gasteiger partial charge in [-0.05, 0) is 24.5 Å². The van der Waals surface area contributed by atoms with Gasteiger partial charge in [0.25, 0.3) is 0 Å². The van der Waals surface area contributed by atoms with Crippen LogP contribution >= 0.6 is 0 Å². The van der Waals surface area contributed by atoms with E-state index in [1.807, 2.05) is 30.3 Å². The predicted molar refractivity (Wildman–Crippen MR) is 76.6 cm³/mol. The van der Waals surface area contributed by atoms with Crippen molar-refractivity contribution in [2.75, 3.05) is 11.9 Å². The minimum atomic E-state index is 0.696. The van der Waals surface area contributed by atoms with Gasteiger partial charge >= 0.3 is 0 Å². The first kappa shape index (κ1) is 12.4. The van der Waals surface area contributed by atoms with Crippen molar-refractivity contribution in [2.24, 2.45) is 5.92 Å². The summed E-state index contributed by atoms with van der Waals surface area (Å²) in [6.45, 7) is 5.41.